The molecule has 0 saturated carbocycles. The maximum absolute atomic E-state index is 2.54. The van der Waals surface area contributed by atoms with Gasteiger partial charge in [-0.15, -0.1) is 0 Å². The third-order valence-electron chi connectivity index (χ3n) is 12.4. The quantitative estimate of drug-likeness (QED) is 0.170. The van der Waals surface area contributed by atoms with Crippen LogP contribution in [0.5, 0.6) is 0 Å². The van der Waals surface area contributed by atoms with Gasteiger partial charge in [-0.25, -0.2) is 0 Å². The molecule has 0 fully saturated rings. The Balaban J connectivity index is 1.11. The smallest absolute Gasteiger partial charge is 0.0619 e. The van der Waals surface area contributed by atoms with Crippen molar-refractivity contribution >= 4 is 92.2 Å². The highest BCUT2D eigenvalue weighted by Gasteiger charge is 2.21. The van der Waals surface area contributed by atoms with Crippen molar-refractivity contribution in [1.29, 1.82) is 0 Å². The molecule has 0 aliphatic heterocycles. The van der Waals surface area contributed by atoms with Gasteiger partial charge >= 0.3 is 0 Å². The Morgan fingerprint density at radius 2 is 0.836 bits per heavy atom. The fourth-order valence-corrected chi connectivity index (χ4v) is 10.1. The average Bonchev–Trinajstić information content (AvgIpc) is 3.91. The van der Waals surface area contributed by atoms with Gasteiger partial charge in [-0.1, -0.05) is 133 Å². The number of rotatable bonds is 2. The molecule has 1 aliphatic carbocycles. The Kier molecular flexibility index (Phi) is 5.71. The molecule has 1 aliphatic rings. The maximum Gasteiger partial charge on any atom is 0.0619 e. The maximum atomic E-state index is 2.54. The Hall–Kier alpha value is -7.16. The number of aromatic nitrogens is 2. The van der Waals surface area contributed by atoms with Crippen molar-refractivity contribution in [2.45, 2.75) is 6.42 Å². The molecule has 2 heteroatoms. The van der Waals surface area contributed by atoms with Crippen LogP contribution >= 0.6 is 0 Å². The van der Waals surface area contributed by atoms with Gasteiger partial charge in [0.25, 0.3) is 0 Å². The Labute approximate surface area is 316 Å². The monoisotopic (exact) mass is 696 g/mol. The third kappa shape index (κ3) is 3.93. The molecule has 13 rings (SSSR count). The predicted molar refractivity (Wildman–Crippen MR) is 234 cm³/mol. The lowest BCUT2D eigenvalue weighted by Crippen LogP contribution is -1.93. The molecule has 0 bridgehead atoms. The molecule has 9 aromatic carbocycles. The van der Waals surface area contributed by atoms with Crippen molar-refractivity contribution in [1.82, 2.24) is 8.97 Å². The predicted octanol–water partition coefficient (Wildman–Crippen LogP) is 14.1. The van der Waals surface area contributed by atoms with Crippen molar-refractivity contribution in [3.8, 4) is 16.8 Å². The zero-order valence-corrected chi connectivity index (χ0v) is 29.9. The zero-order valence-electron chi connectivity index (χ0n) is 29.9. The molecule has 0 amide bonds. The summed E-state index contributed by atoms with van der Waals surface area (Å²) in [4.78, 5) is 0. The van der Waals surface area contributed by atoms with Crippen LogP contribution in [0.3, 0.4) is 0 Å². The Bertz CT molecular complexity index is 3690. The first-order valence-electron chi connectivity index (χ1n) is 19.2. The summed E-state index contributed by atoms with van der Waals surface area (Å²) in [6, 6.07) is 68.1. The van der Waals surface area contributed by atoms with E-state index in [4.69, 9.17) is 0 Å². The summed E-state index contributed by atoms with van der Waals surface area (Å²) >= 11 is 0. The van der Waals surface area contributed by atoms with E-state index in [1.807, 2.05) is 0 Å². The fraction of sp³-hybridized carbons (Fsp3) is 0.0189. The molecule has 12 aromatic rings. The van der Waals surface area contributed by atoms with Crippen LogP contribution in [0.4, 0.5) is 0 Å². The summed E-state index contributed by atoms with van der Waals surface area (Å²) in [5, 5.41) is 15.6. The average molecular weight is 697 g/mol. The summed E-state index contributed by atoms with van der Waals surface area (Å²) in [6.45, 7) is 0. The van der Waals surface area contributed by atoms with E-state index >= 15 is 0 Å². The molecular weight excluding hydrogens is 665 g/mol. The van der Waals surface area contributed by atoms with Gasteiger partial charge in [0.05, 0.1) is 27.6 Å². The van der Waals surface area contributed by atoms with Gasteiger partial charge in [-0.3, -0.25) is 0 Å². The largest absolute Gasteiger partial charge is 0.309 e. The van der Waals surface area contributed by atoms with Crippen LogP contribution in [0.2, 0.25) is 0 Å². The van der Waals surface area contributed by atoms with Crippen molar-refractivity contribution in [2.75, 3.05) is 0 Å². The lowest BCUT2D eigenvalue weighted by Gasteiger charge is -2.10. The molecule has 0 saturated heterocycles. The third-order valence-corrected chi connectivity index (χ3v) is 12.4. The zero-order chi connectivity index (χ0) is 35.8. The van der Waals surface area contributed by atoms with Crippen molar-refractivity contribution in [3.05, 3.63) is 193 Å². The first kappa shape index (κ1) is 29.3. The highest BCUT2D eigenvalue weighted by Crippen LogP contribution is 2.44. The number of benzene rings is 9. The molecule has 0 unspecified atom stereocenters. The van der Waals surface area contributed by atoms with Gasteiger partial charge in [0.15, 0.2) is 0 Å². The molecule has 0 atom stereocenters. The minimum absolute atomic E-state index is 0.974. The second-order valence-electron chi connectivity index (χ2n) is 15.3. The minimum Gasteiger partial charge on any atom is -0.309 e. The van der Waals surface area contributed by atoms with E-state index < -0.39 is 0 Å². The van der Waals surface area contributed by atoms with Gasteiger partial charge in [-0.2, -0.15) is 0 Å². The van der Waals surface area contributed by atoms with Gasteiger partial charge < -0.3 is 8.97 Å². The lowest BCUT2D eigenvalue weighted by atomic mass is 9.99. The van der Waals surface area contributed by atoms with Gasteiger partial charge in [0.1, 0.15) is 0 Å². The molecular formula is C53H32N2. The van der Waals surface area contributed by atoms with Crippen molar-refractivity contribution < 1.29 is 0 Å². The number of nitrogens with zero attached hydrogens (tertiary/aromatic N) is 2. The fourth-order valence-electron chi connectivity index (χ4n) is 10.1. The number of fused-ring (bicyclic) bond motifs is 11. The van der Waals surface area contributed by atoms with Crippen LogP contribution in [0, 0.1) is 0 Å². The van der Waals surface area contributed by atoms with E-state index in [1.165, 1.54) is 120 Å². The van der Waals surface area contributed by atoms with Gasteiger partial charge in [0, 0.05) is 38.0 Å². The lowest BCUT2D eigenvalue weighted by molar-refractivity contribution is 1.19. The first-order valence-corrected chi connectivity index (χ1v) is 19.2. The summed E-state index contributed by atoms with van der Waals surface area (Å²) in [5.41, 5.74) is 12.6. The van der Waals surface area contributed by atoms with E-state index in [0.717, 1.165) is 6.42 Å². The highest BCUT2D eigenvalue weighted by atomic mass is 15.0. The SMILES string of the molecule is c1ccc2cc(-n3c4ccccc4c4cc(-c5ccc6c(c5)c5cccc7c8cccc9c8c8c(cccc8c8ccccc8n6c75)C9)ccc43)ccc2c1. The van der Waals surface area contributed by atoms with Crippen molar-refractivity contribution in [3.63, 3.8) is 0 Å². The summed E-state index contributed by atoms with van der Waals surface area (Å²) in [6.07, 6.45) is 0.974. The number of hydrogen-bond donors (Lipinski definition) is 0. The van der Waals surface area contributed by atoms with Crippen LogP contribution in [-0.2, 0) is 6.42 Å². The Morgan fingerprint density at radius 3 is 1.60 bits per heavy atom. The van der Waals surface area contributed by atoms with Gasteiger partial charge in [-0.05, 0) is 110 Å². The number of hydrogen-bond acceptors (Lipinski definition) is 0. The van der Waals surface area contributed by atoms with E-state index in [9.17, 15) is 0 Å². The normalized spacial score (nSPS) is 12.7. The second kappa shape index (κ2) is 10.7. The van der Waals surface area contributed by atoms with E-state index in [2.05, 4.69) is 191 Å². The molecule has 0 spiro atoms. The molecule has 3 heterocycles. The molecule has 3 aromatic heterocycles. The summed E-state index contributed by atoms with van der Waals surface area (Å²) < 4.78 is 4.96. The van der Waals surface area contributed by atoms with E-state index in [-0.39, 0.29) is 0 Å². The number of para-hydroxylation sites is 3. The van der Waals surface area contributed by atoms with Crippen LogP contribution in [0.1, 0.15) is 11.1 Å². The minimum atomic E-state index is 0.974. The molecule has 2 nitrogen and oxygen atoms in total. The van der Waals surface area contributed by atoms with Crippen LogP contribution in [0.25, 0.3) is 109 Å². The second-order valence-corrected chi connectivity index (χ2v) is 15.3. The van der Waals surface area contributed by atoms with Gasteiger partial charge in [0.2, 0.25) is 0 Å². The molecule has 55 heavy (non-hydrogen) atoms. The summed E-state index contributed by atoms with van der Waals surface area (Å²) in [7, 11) is 0. The molecule has 254 valence electrons. The Morgan fingerprint density at radius 1 is 0.327 bits per heavy atom. The molecule has 0 N–H and O–H groups in total. The van der Waals surface area contributed by atoms with E-state index in [0.29, 0.717) is 0 Å². The van der Waals surface area contributed by atoms with Crippen LogP contribution in [0.15, 0.2) is 182 Å². The topological polar surface area (TPSA) is 9.34 Å². The van der Waals surface area contributed by atoms with Crippen molar-refractivity contribution in [2.24, 2.45) is 0 Å². The molecule has 0 radical (unpaired) electrons. The van der Waals surface area contributed by atoms with Crippen LogP contribution in [-0.4, -0.2) is 8.97 Å². The van der Waals surface area contributed by atoms with E-state index in [1.54, 1.807) is 0 Å². The first-order chi connectivity index (χ1) is 27.3. The summed E-state index contributed by atoms with van der Waals surface area (Å²) in [5.74, 6) is 0. The highest BCUT2D eigenvalue weighted by molar-refractivity contribution is 6.27. The van der Waals surface area contributed by atoms with Crippen LogP contribution < -0.4 is 0 Å². The standard InChI is InChI=1S/C53H32N2/c1-2-11-33-29-38(25-22-32(33)10-1)54-47-20-5-4-15-40(47)45-30-34(23-26-49(45)54)35-24-27-50-46(31-35)44-19-9-18-43-42-17-8-13-37-28-36-12-7-16-41(51(36)52(37)42)39-14-3-6-21-48(39)55(50)53(43)44/h1-27,29-31H,28H2.